The Morgan fingerprint density at radius 2 is 2.29 bits per heavy atom. The molecule has 1 amide bonds. The number of alkyl halides is 1. The first-order chi connectivity index (χ1) is 6.76. The Kier molecular flexibility index (Phi) is 2.56. The molecule has 1 aliphatic heterocycles. The molecule has 1 heterocycles. The van der Waals surface area contributed by atoms with Crippen molar-refractivity contribution < 1.29 is 4.79 Å². The summed E-state index contributed by atoms with van der Waals surface area (Å²) in [5, 5.41) is 0. The van der Waals surface area contributed by atoms with Crippen LogP contribution in [-0.2, 0) is 17.8 Å². The number of fused-ring (bicyclic) bond motifs is 1. The van der Waals surface area contributed by atoms with Gasteiger partial charge in [0.25, 0.3) is 0 Å². The second-order valence-electron chi connectivity index (χ2n) is 3.29. The summed E-state index contributed by atoms with van der Waals surface area (Å²) in [5.74, 6) is 0.144. The van der Waals surface area contributed by atoms with E-state index in [1.807, 2.05) is 18.2 Å². The van der Waals surface area contributed by atoms with E-state index in [0.29, 0.717) is 18.4 Å². The lowest BCUT2D eigenvalue weighted by Gasteiger charge is -2.13. The molecule has 74 valence electrons. The summed E-state index contributed by atoms with van der Waals surface area (Å²) < 4.78 is 0. The van der Waals surface area contributed by atoms with Crippen LogP contribution in [0.5, 0.6) is 0 Å². The monoisotopic (exact) mass is 254 g/mol. The summed E-state index contributed by atoms with van der Waals surface area (Å²) >= 11 is 3.30. The van der Waals surface area contributed by atoms with Crippen LogP contribution in [0, 0.1) is 0 Å². The number of carbonyl (C=O) groups excluding carboxylic acids is 1. The fourth-order valence-electron chi connectivity index (χ4n) is 1.69. The third kappa shape index (κ3) is 1.44. The highest BCUT2D eigenvalue weighted by atomic mass is 79.9. The number of anilines is 1. The van der Waals surface area contributed by atoms with E-state index in [2.05, 4.69) is 15.9 Å². The molecular weight excluding hydrogens is 244 g/mol. The Morgan fingerprint density at radius 3 is 2.93 bits per heavy atom. The normalized spacial score (nSPS) is 14.7. The molecule has 0 unspecified atom stereocenters. The van der Waals surface area contributed by atoms with Crippen molar-refractivity contribution in [2.75, 3.05) is 10.4 Å². The smallest absolute Gasteiger partial charge is 0.232 e. The van der Waals surface area contributed by atoms with Crippen LogP contribution in [0.3, 0.4) is 0 Å². The minimum absolute atomic E-state index is 0.144. The van der Waals surface area contributed by atoms with Crippen molar-refractivity contribution in [3.05, 3.63) is 29.3 Å². The molecule has 0 spiro atoms. The summed E-state index contributed by atoms with van der Waals surface area (Å²) in [6, 6.07) is 5.94. The van der Waals surface area contributed by atoms with Crippen LogP contribution in [0.1, 0.15) is 11.1 Å². The van der Waals surface area contributed by atoms with Crippen molar-refractivity contribution in [2.24, 2.45) is 5.73 Å². The number of carbonyl (C=O) groups is 1. The van der Waals surface area contributed by atoms with Crippen LogP contribution in [0.2, 0.25) is 0 Å². The quantitative estimate of drug-likeness (QED) is 0.641. The second-order valence-corrected chi connectivity index (χ2v) is 3.79. The van der Waals surface area contributed by atoms with Crippen LogP contribution in [0.15, 0.2) is 18.2 Å². The third-order valence-electron chi connectivity index (χ3n) is 2.43. The number of rotatable bonds is 2. The highest BCUT2D eigenvalue weighted by Gasteiger charge is 2.25. The zero-order chi connectivity index (χ0) is 10.1. The van der Waals surface area contributed by atoms with Gasteiger partial charge in [-0.25, -0.2) is 0 Å². The van der Waals surface area contributed by atoms with E-state index in [1.54, 1.807) is 4.90 Å². The SMILES string of the molecule is NCc1ccc2c(c1)CC(=O)N2CBr. The number of benzene rings is 1. The van der Waals surface area contributed by atoms with Gasteiger partial charge in [0.15, 0.2) is 0 Å². The zero-order valence-electron chi connectivity index (χ0n) is 7.66. The lowest BCUT2D eigenvalue weighted by atomic mass is 10.1. The van der Waals surface area contributed by atoms with Gasteiger partial charge in [0, 0.05) is 12.2 Å². The molecule has 2 N–H and O–H groups in total. The molecule has 0 saturated heterocycles. The lowest BCUT2D eigenvalue weighted by Crippen LogP contribution is -2.24. The fourth-order valence-corrected chi connectivity index (χ4v) is 2.24. The van der Waals surface area contributed by atoms with Crippen LogP contribution in [-0.4, -0.2) is 11.4 Å². The Hall–Kier alpha value is -0.870. The maximum atomic E-state index is 11.5. The van der Waals surface area contributed by atoms with Crippen LogP contribution in [0.25, 0.3) is 0 Å². The maximum absolute atomic E-state index is 11.5. The third-order valence-corrected chi connectivity index (χ3v) is 2.93. The molecule has 0 aromatic heterocycles. The van der Waals surface area contributed by atoms with Crippen LogP contribution in [0.4, 0.5) is 5.69 Å². The van der Waals surface area contributed by atoms with Gasteiger partial charge in [-0.3, -0.25) is 4.79 Å². The first kappa shape index (κ1) is 9.68. The molecule has 3 nitrogen and oxygen atoms in total. The Balaban J connectivity index is 2.42. The maximum Gasteiger partial charge on any atom is 0.232 e. The van der Waals surface area contributed by atoms with E-state index in [1.165, 1.54) is 0 Å². The van der Waals surface area contributed by atoms with Crippen molar-refractivity contribution >= 4 is 27.5 Å². The molecule has 0 radical (unpaired) electrons. The van der Waals surface area contributed by atoms with E-state index in [4.69, 9.17) is 5.73 Å². The number of hydrogen-bond acceptors (Lipinski definition) is 2. The van der Waals surface area contributed by atoms with Crippen LogP contribution < -0.4 is 10.6 Å². The number of halogens is 1. The number of nitrogens with two attached hydrogens (primary N) is 1. The van der Waals surface area contributed by atoms with Gasteiger partial charge in [-0.2, -0.15) is 0 Å². The Labute approximate surface area is 91.0 Å². The summed E-state index contributed by atoms with van der Waals surface area (Å²) in [4.78, 5) is 13.3. The largest absolute Gasteiger partial charge is 0.326 e. The molecule has 0 atom stereocenters. The Bertz CT molecular complexity index is 378. The van der Waals surface area contributed by atoms with Crippen molar-refractivity contribution in [3.8, 4) is 0 Å². The predicted molar refractivity (Wildman–Crippen MR) is 59.3 cm³/mol. The molecule has 0 saturated carbocycles. The summed E-state index contributed by atoms with van der Waals surface area (Å²) in [7, 11) is 0. The van der Waals surface area contributed by atoms with Gasteiger partial charge in [0.05, 0.1) is 11.9 Å². The number of amides is 1. The summed E-state index contributed by atoms with van der Waals surface area (Å²) in [5.41, 5.74) is 9.26. The predicted octanol–water partition coefficient (Wildman–Crippen LogP) is 1.39. The van der Waals surface area contributed by atoms with E-state index in [0.717, 1.165) is 16.8 Å². The van der Waals surface area contributed by atoms with Gasteiger partial charge < -0.3 is 10.6 Å². The van der Waals surface area contributed by atoms with Gasteiger partial charge in [0.1, 0.15) is 0 Å². The number of hydrogen-bond donors (Lipinski definition) is 1. The van der Waals surface area contributed by atoms with Gasteiger partial charge in [-0.05, 0) is 17.2 Å². The molecule has 1 aromatic rings. The van der Waals surface area contributed by atoms with Crippen LogP contribution >= 0.6 is 15.9 Å². The average molecular weight is 255 g/mol. The molecule has 1 aromatic carbocycles. The van der Waals surface area contributed by atoms with Gasteiger partial charge in [-0.1, -0.05) is 28.1 Å². The molecular formula is C10H11BrN2O. The summed E-state index contributed by atoms with van der Waals surface area (Å²) in [6.07, 6.45) is 0.495. The van der Waals surface area contributed by atoms with Crippen molar-refractivity contribution in [2.45, 2.75) is 13.0 Å². The minimum Gasteiger partial charge on any atom is -0.326 e. The second kappa shape index (κ2) is 3.71. The van der Waals surface area contributed by atoms with Crippen molar-refractivity contribution in [3.63, 3.8) is 0 Å². The first-order valence-electron chi connectivity index (χ1n) is 4.44. The van der Waals surface area contributed by atoms with Crippen molar-refractivity contribution in [1.29, 1.82) is 0 Å². The molecule has 0 bridgehead atoms. The molecule has 4 heteroatoms. The Morgan fingerprint density at radius 1 is 1.50 bits per heavy atom. The summed E-state index contributed by atoms with van der Waals surface area (Å²) in [6.45, 7) is 0.524. The zero-order valence-corrected chi connectivity index (χ0v) is 9.25. The minimum atomic E-state index is 0.144. The standard InChI is InChI=1S/C10H11BrN2O/c11-6-13-9-2-1-7(5-12)3-8(9)4-10(13)14/h1-3H,4-6,12H2. The molecule has 0 aliphatic carbocycles. The average Bonchev–Trinajstić information content (AvgIpc) is 2.51. The number of nitrogens with zero attached hydrogens (tertiary/aromatic N) is 1. The first-order valence-corrected chi connectivity index (χ1v) is 5.56. The molecule has 0 fully saturated rings. The topological polar surface area (TPSA) is 46.3 Å². The molecule has 2 rings (SSSR count). The molecule has 14 heavy (non-hydrogen) atoms. The van der Waals surface area contributed by atoms with E-state index >= 15 is 0 Å². The lowest BCUT2D eigenvalue weighted by molar-refractivity contribution is -0.117. The molecule has 1 aliphatic rings. The van der Waals surface area contributed by atoms with E-state index in [-0.39, 0.29) is 5.91 Å². The highest BCUT2D eigenvalue weighted by Crippen LogP contribution is 2.29. The van der Waals surface area contributed by atoms with Gasteiger partial charge in [-0.15, -0.1) is 0 Å². The van der Waals surface area contributed by atoms with E-state index < -0.39 is 0 Å². The van der Waals surface area contributed by atoms with Crippen molar-refractivity contribution in [1.82, 2.24) is 0 Å². The van der Waals surface area contributed by atoms with Gasteiger partial charge in [0.2, 0.25) is 5.91 Å². The van der Waals surface area contributed by atoms with Gasteiger partial charge >= 0.3 is 0 Å². The van der Waals surface area contributed by atoms with E-state index in [9.17, 15) is 4.79 Å². The fraction of sp³-hybridized carbons (Fsp3) is 0.300. The highest BCUT2D eigenvalue weighted by molar-refractivity contribution is 9.09.